The van der Waals surface area contributed by atoms with Gasteiger partial charge in [0, 0.05) is 19.6 Å². The van der Waals surface area contributed by atoms with Crippen LogP contribution in [0.5, 0.6) is 0 Å². The van der Waals surface area contributed by atoms with E-state index in [4.69, 9.17) is 9.72 Å². The van der Waals surface area contributed by atoms with Crippen molar-refractivity contribution >= 4 is 28.4 Å². The molecule has 0 amide bonds. The number of anilines is 1. The maximum atomic E-state index is 5.44. The normalized spacial score (nSPS) is 13.5. The lowest BCUT2D eigenvalue weighted by atomic mass is 9.91. The lowest BCUT2D eigenvalue weighted by molar-refractivity contribution is 0.0922. The Morgan fingerprint density at radius 2 is 1.94 bits per heavy atom. The molecule has 1 unspecified atom stereocenters. The summed E-state index contributed by atoms with van der Waals surface area (Å²) in [6.45, 7) is 8.56. The molecule has 18 heavy (non-hydrogen) atoms. The van der Waals surface area contributed by atoms with Gasteiger partial charge in [0.1, 0.15) is 11.9 Å². The van der Waals surface area contributed by atoms with E-state index in [1.54, 1.807) is 7.11 Å². The lowest BCUT2D eigenvalue weighted by Crippen LogP contribution is -2.20. The summed E-state index contributed by atoms with van der Waals surface area (Å²) in [5, 5.41) is 3.14. The van der Waals surface area contributed by atoms with E-state index in [1.165, 1.54) is 0 Å². The summed E-state index contributed by atoms with van der Waals surface area (Å²) < 4.78 is 6.52. The highest BCUT2D eigenvalue weighted by atomic mass is 127. The average molecular weight is 363 g/mol. The van der Waals surface area contributed by atoms with Gasteiger partial charge in [0.05, 0.1) is 9.26 Å². The highest BCUT2D eigenvalue weighted by Gasteiger charge is 2.24. The molecular formula is C13H22IN3O. The minimum atomic E-state index is -0.0461. The van der Waals surface area contributed by atoms with Crippen LogP contribution < -0.4 is 5.32 Å². The molecule has 1 rings (SSSR count). The molecule has 0 fully saturated rings. The molecule has 0 saturated carbocycles. The highest BCUT2D eigenvalue weighted by Crippen LogP contribution is 2.31. The fourth-order valence-electron chi connectivity index (χ4n) is 1.73. The monoisotopic (exact) mass is 363 g/mol. The van der Waals surface area contributed by atoms with E-state index in [0.717, 1.165) is 27.3 Å². The minimum absolute atomic E-state index is 0.00809. The first kappa shape index (κ1) is 15.6. The molecule has 0 aliphatic carbocycles. The Bertz CT molecular complexity index is 411. The molecule has 0 bridgehead atoms. The number of ether oxygens (including phenoxy) is 1. The Labute approximate surface area is 123 Å². The van der Waals surface area contributed by atoms with Crippen LogP contribution in [-0.4, -0.2) is 24.1 Å². The number of aromatic nitrogens is 2. The third kappa shape index (κ3) is 3.32. The molecular weight excluding hydrogens is 341 g/mol. The fourth-order valence-corrected chi connectivity index (χ4v) is 3.05. The summed E-state index contributed by atoms with van der Waals surface area (Å²) in [4.78, 5) is 9.26. The predicted octanol–water partition coefficient (Wildman–Crippen LogP) is 3.52. The first-order valence-electron chi connectivity index (χ1n) is 6.13. The van der Waals surface area contributed by atoms with Crippen molar-refractivity contribution in [2.45, 2.75) is 45.6 Å². The van der Waals surface area contributed by atoms with Crippen molar-refractivity contribution in [1.82, 2.24) is 9.97 Å². The molecule has 1 N–H and O–H groups in total. The fraction of sp³-hybridized carbons (Fsp3) is 0.692. The molecule has 0 spiro atoms. The van der Waals surface area contributed by atoms with Crippen LogP contribution in [0.15, 0.2) is 0 Å². The maximum absolute atomic E-state index is 5.44. The third-order valence-electron chi connectivity index (χ3n) is 2.76. The van der Waals surface area contributed by atoms with Crippen LogP contribution in [0.25, 0.3) is 0 Å². The summed E-state index contributed by atoms with van der Waals surface area (Å²) in [7, 11) is 3.58. The molecule has 102 valence electrons. The van der Waals surface area contributed by atoms with Crippen molar-refractivity contribution in [3.8, 4) is 0 Å². The number of nitrogens with zero attached hydrogens (tertiary/aromatic N) is 2. The number of hydrogen-bond donors (Lipinski definition) is 1. The second-order valence-electron chi connectivity index (χ2n) is 5.23. The van der Waals surface area contributed by atoms with Crippen molar-refractivity contribution in [3.05, 3.63) is 15.1 Å². The van der Waals surface area contributed by atoms with Gasteiger partial charge in [-0.2, -0.15) is 0 Å². The summed E-state index contributed by atoms with van der Waals surface area (Å²) in [5.41, 5.74) is 1.05. The molecule has 1 atom stereocenters. The van der Waals surface area contributed by atoms with Crippen molar-refractivity contribution in [2.75, 3.05) is 19.5 Å². The van der Waals surface area contributed by atoms with Gasteiger partial charge in [-0.05, 0) is 29.0 Å². The summed E-state index contributed by atoms with van der Waals surface area (Å²) in [6.07, 6.45) is 0.819. The summed E-state index contributed by atoms with van der Waals surface area (Å²) in [5.74, 6) is 1.63. The number of halogens is 1. The second kappa shape index (κ2) is 6.14. The van der Waals surface area contributed by atoms with Crippen LogP contribution in [0, 0.1) is 3.57 Å². The largest absolute Gasteiger partial charge is 0.373 e. The Kier molecular flexibility index (Phi) is 5.33. The van der Waals surface area contributed by atoms with Crippen molar-refractivity contribution < 1.29 is 4.74 Å². The molecule has 1 aromatic heterocycles. The molecule has 0 radical (unpaired) electrons. The Hall–Kier alpha value is -0.430. The van der Waals surface area contributed by atoms with Crippen LogP contribution in [0.2, 0.25) is 0 Å². The smallest absolute Gasteiger partial charge is 0.159 e. The van der Waals surface area contributed by atoms with Crippen LogP contribution in [0.3, 0.4) is 0 Å². The predicted molar refractivity (Wildman–Crippen MR) is 83.0 cm³/mol. The zero-order valence-corrected chi connectivity index (χ0v) is 14.1. The molecule has 0 aliphatic rings. The van der Waals surface area contributed by atoms with Gasteiger partial charge in [-0.15, -0.1) is 0 Å². The highest BCUT2D eigenvalue weighted by molar-refractivity contribution is 14.1. The first-order chi connectivity index (χ1) is 8.35. The zero-order chi connectivity index (χ0) is 13.9. The van der Waals surface area contributed by atoms with E-state index in [9.17, 15) is 0 Å². The van der Waals surface area contributed by atoms with E-state index in [0.29, 0.717) is 0 Å². The van der Waals surface area contributed by atoms with Crippen LogP contribution in [0.1, 0.15) is 51.7 Å². The van der Waals surface area contributed by atoms with Gasteiger partial charge in [-0.25, -0.2) is 9.97 Å². The van der Waals surface area contributed by atoms with Gasteiger partial charge >= 0.3 is 0 Å². The minimum Gasteiger partial charge on any atom is -0.373 e. The van der Waals surface area contributed by atoms with Crippen LogP contribution in [-0.2, 0) is 10.2 Å². The van der Waals surface area contributed by atoms with Crippen LogP contribution in [0.4, 0.5) is 5.82 Å². The molecule has 5 heteroatoms. The summed E-state index contributed by atoms with van der Waals surface area (Å²) >= 11 is 2.30. The number of rotatable bonds is 4. The van der Waals surface area contributed by atoms with E-state index in [1.807, 2.05) is 7.05 Å². The van der Waals surface area contributed by atoms with E-state index in [-0.39, 0.29) is 11.5 Å². The first-order valence-corrected chi connectivity index (χ1v) is 7.21. The molecule has 1 aromatic rings. The standard InChI is InChI=1S/C13H22IN3O/c1-7-8(18-6)11-16-10(13(2,3)4)9(14)12(15-5)17-11/h8H,7H2,1-6H3,(H,15,16,17). The Morgan fingerprint density at radius 3 is 2.33 bits per heavy atom. The number of hydrogen-bond acceptors (Lipinski definition) is 4. The van der Waals surface area contributed by atoms with Gasteiger partial charge < -0.3 is 10.1 Å². The van der Waals surface area contributed by atoms with Gasteiger partial charge in [0.25, 0.3) is 0 Å². The zero-order valence-electron chi connectivity index (χ0n) is 12.0. The van der Waals surface area contributed by atoms with E-state index >= 15 is 0 Å². The number of nitrogens with one attached hydrogen (secondary N) is 1. The van der Waals surface area contributed by atoms with Crippen molar-refractivity contribution in [3.63, 3.8) is 0 Å². The average Bonchev–Trinajstić information content (AvgIpc) is 2.30. The van der Waals surface area contributed by atoms with Gasteiger partial charge in [0.2, 0.25) is 0 Å². The van der Waals surface area contributed by atoms with Crippen molar-refractivity contribution in [1.29, 1.82) is 0 Å². The molecule has 0 saturated heterocycles. The molecule has 1 heterocycles. The SMILES string of the molecule is CCC(OC)c1nc(NC)c(I)c(C(C)(C)C)n1. The van der Waals surface area contributed by atoms with E-state index < -0.39 is 0 Å². The van der Waals surface area contributed by atoms with Gasteiger partial charge in [-0.3, -0.25) is 0 Å². The molecule has 0 aliphatic heterocycles. The number of methoxy groups -OCH3 is 1. The Balaban J connectivity index is 3.39. The van der Waals surface area contributed by atoms with Crippen LogP contribution >= 0.6 is 22.6 Å². The quantitative estimate of drug-likeness (QED) is 0.832. The van der Waals surface area contributed by atoms with Crippen molar-refractivity contribution in [2.24, 2.45) is 0 Å². The van der Waals surface area contributed by atoms with E-state index in [2.05, 4.69) is 60.6 Å². The second-order valence-corrected chi connectivity index (χ2v) is 6.30. The molecule has 4 nitrogen and oxygen atoms in total. The van der Waals surface area contributed by atoms with Gasteiger partial charge in [-0.1, -0.05) is 27.7 Å². The maximum Gasteiger partial charge on any atom is 0.159 e. The van der Waals surface area contributed by atoms with Gasteiger partial charge in [0.15, 0.2) is 5.82 Å². The molecule has 0 aromatic carbocycles. The topological polar surface area (TPSA) is 47.0 Å². The summed E-state index contributed by atoms with van der Waals surface area (Å²) in [6, 6.07) is 0. The third-order valence-corrected chi connectivity index (χ3v) is 3.78. The lowest BCUT2D eigenvalue weighted by Gasteiger charge is -2.23. The Morgan fingerprint density at radius 1 is 1.33 bits per heavy atom.